The summed E-state index contributed by atoms with van der Waals surface area (Å²) in [5, 5.41) is 2.96. The van der Waals surface area contributed by atoms with Gasteiger partial charge in [0.25, 0.3) is 6.43 Å². The fourth-order valence-corrected chi connectivity index (χ4v) is 3.19. The van der Waals surface area contributed by atoms with Gasteiger partial charge < -0.3 is 10.2 Å². The molecule has 2 aliphatic heterocycles. The SMILES string of the molecule is O=C1NCCCCC1N1CCN(c2cc(C(F)F)ncn2)CC1. The van der Waals surface area contributed by atoms with Gasteiger partial charge in [0.1, 0.15) is 17.8 Å². The van der Waals surface area contributed by atoms with Crippen molar-refractivity contribution in [2.24, 2.45) is 0 Å². The normalized spacial score (nSPS) is 23.7. The molecule has 0 bridgehead atoms. The van der Waals surface area contributed by atoms with E-state index in [1.54, 1.807) is 0 Å². The van der Waals surface area contributed by atoms with E-state index in [1.165, 1.54) is 12.4 Å². The molecule has 23 heavy (non-hydrogen) atoms. The summed E-state index contributed by atoms with van der Waals surface area (Å²) >= 11 is 0. The van der Waals surface area contributed by atoms with Crippen LogP contribution in [-0.2, 0) is 4.79 Å². The van der Waals surface area contributed by atoms with Crippen molar-refractivity contribution in [2.75, 3.05) is 37.6 Å². The largest absolute Gasteiger partial charge is 0.355 e. The molecule has 2 saturated heterocycles. The van der Waals surface area contributed by atoms with Gasteiger partial charge in [0.05, 0.1) is 6.04 Å². The van der Waals surface area contributed by atoms with Gasteiger partial charge in [-0.05, 0) is 19.3 Å². The molecular formula is C15H21F2N5O. The Labute approximate surface area is 133 Å². The van der Waals surface area contributed by atoms with Gasteiger partial charge in [0, 0.05) is 38.8 Å². The van der Waals surface area contributed by atoms with E-state index < -0.39 is 6.43 Å². The van der Waals surface area contributed by atoms with E-state index in [1.807, 2.05) is 4.90 Å². The number of rotatable bonds is 3. The molecule has 3 heterocycles. The maximum atomic E-state index is 12.7. The number of nitrogens with one attached hydrogen (secondary N) is 1. The fraction of sp³-hybridized carbons (Fsp3) is 0.667. The lowest BCUT2D eigenvalue weighted by molar-refractivity contribution is -0.126. The van der Waals surface area contributed by atoms with Crippen LogP contribution in [0.25, 0.3) is 0 Å². The van der Waals surface area contributed by atoms with E-state index >= 15 is 0 Å². The number of halogens is 2. The predicted molar refractivity (Wildman–Crippen MR) is 81.4 cm³/mol. The molecule has 126 valence electrons. The van der Waals surface area contributed by atoms with E-state index in [4.69, 9.17) is 0 Å². The van der Waals surface area contributed by atoms with E-state index in [9.17, 15) is 13.6 Å². The Balaban J connectivity index is 1.62. The van der Waals surface area contributed by atoms with Crippen LogP contribution in [-0.4, -0.2) is 59.5 Å². The van der Waals surface area contributed by atoms with Crippen LogP contribution in [0.1, 0.15) is 31.4 Å². The number of aromatic nitrogens is 2. The molecule has 0 radical (unpaired) electrons. The van der Waals surface area contributed by atoms with Gasteiger partial charge in [-0.3, -0.25) is 9.69 Å². The molecule has 0 aliphatic carbocycles. The smallest absolute Gasteiger partial charge is 0.280 e. The van der Waals surface area contributed by atoms with Crippen molar-refractivity contribution in [1.29, 1.82) is 0 Å². The molecular weight excluding hydrogens is 304 g/mol. The number of carbonyl (C=O) groups excluding carboxylic acids is 1. The highest BCUT2D eigenvalue weighted by molar-refractivity contribution is 5.82. The Morgan fingerprint density at radius 1 is 1.17 bits per heavy atom. The number of piperazine rings is 1. The Morgan fingerprint density at radius 3 is 2.70 bits per heavy atom. The number of hydrogen-bond donors (Lipinski definition) is 1. The van der Waals surface area contributed by atoms with Crippen LogP contribution in [0.5, 0.6) is 0 Å². The first-order valence-corrected chi connectivity index (χ1v) is 8.02. The molecule has 2 aliphatic rings. The first-order valence-electron chi connectivity index (χ1n) is 8.02. The lowest BCUT2D eigenvalue weighted by Crippen LogP contribution is -2.54. The molecule has 1 amide bonds. The van der Waals surface area contributed by atoms with Crippen molar-refractivity contribution in [3.8, 4) is 0 Å². The van der Waals surface area contributed by atoms with E-state index in [2.05, 4.69) is 20.2 Å². The minimum atomic E-state index is -2.59. The minimum Gasteiger partial charge on any atom is -0.355 e. The zero-order chi connectivity index (χ0) is 16.2. The third-order valence-electron chi connectivity index (χ3n) is 4.48. The van der Waals surface area contributed by atoms with Crippen molar-refractivity contribution in [2.45, 2.75) is 31.7 Å². The summed E-state index contributed by atoms with van der Waals surface area (Å²) in [6.45, 7) is 3.55. The average molecular weight is 325 g/mol. The lowest BCUT2D eigenvalue weighted by Gasteiger charge is -2.38. The van der Waals surface area contributed by atoms with Gasteiger partial charge in [-0.15, -0.1) is 0 Å². The van der Waals surface area contributed by atoms with Gasteiger partial charge in [-0.25, -0.2) is 18.7 Å². The number of hydrogen-bond acceptors (Lipinski definition) is 5. The number of nitrogens with zero attached hydrogens (tertiary/aromatic N) is 4. The third-order valence-corrected chi connectivity index (χ3v) is 4.48. The van der Waals surface area contributed by atoms with Crippen LogP contribution in [0, 0.1) is 0 Å². The predicted octanol–water partition coefficient (Wildman–Crippen LogP) is 1.20. The summed E-state index contributed by atoms with van der Waals surface area (Å²) < 4.78 is 25.5. The summed E-state index contributed by atoms with van der Waals surface area (Å²) in [4.78, 5) is 24.0. The first-order chi connectivity index (χ1) is 11.1. The Hall–Kier alpha value is -1.83. The maximum Gasteiger partial charge on any atom is 0.280 e. The monoisotopic (exact) mass is 325 g/mol. The van der Waals surface area contributed by atoms with E-state index in [0.717, 1.165) is 38.9 Å². The molecule has 3 rings (SSSR count). The zero-order valence-electron chi connectivity index (χ0n) is 12.9. The second-order valence-electron chi connectivity index (χ2n) is 5.93. The number of anilines is 1. The van der Waals surface area contributed by atoms with Gasteiger partial charge in [-0.2, -0.15) is 0 Å². The Kier molecular flexibility index (Phi) is 5.00. The second-order valence-corrected chi connectivity index (χ2v) is 5.93. The quantitative estimate of drug-likeness (QED) is 0.905. The number of carbonyl (C=O) groups is 1. The molecule has 1 aromatic rings. The standard InChI is InChI=1S/C15H21F2N5O/c16-14(17)11-9-13(20-10-19-11)22-7-5-21(6-8-22)12-3-1-2-4-18-15(12)23/h9-10,12,14H,1-8H2,(H,18,23). The van der Waals surface area contributed by atoms with E-state index in [-0.39, 0.29) is 17.6 Å². The van der Waals surface area contributed by atoms with Crippen LogP contribution < -0.4 is 10.2 Å². The van der Waals surface area contributed by atoms with Crippen LogP contribution in [0.3, 0.4) is 0 Å². The molecule has 6 nitrogen and oxygen atoms in total. The Bertz CT molecular complexity index is 548. The summed E-state index contributed by atoms with van der Waals surface area (Å²) in [5.41, 5.74) is -0.249. The molecule has 1 atom stereocenters. The van der Waals surface area contributed by atoms with Gasteiger partial charge in [0.15, 0.2) is 0 Å². The van der Waals surface area contributed by atoms with Gasteiger partial charge in [0.2, 0.25) is 5.91 Å². The average Bonchev–Trinajstić information content (AvgIpc) is 2.79. The second kappa shape index (κ2) is 7.16. The molecule has 0 spiro atoms. The molecule has 0 aromatic carbocycles. The summed E-state index contributed by atoms with van der Waals surface area (Å²) in [6.07, 6.45) is 1.55. The van der Waals surface area contributed by atoms with Gasteiger partial charge >= 0.3 is 0 Å². The zero-order valence-corrected chi connectivity index (χ0v) is 12.9. The third kappa shape index (κ3) is 3.74. The molecule has 1 aromatic heterocycles. The first kappa shape index (κ1) is 16.0. The Morgan fingerprint density at radius 2 is 1.96 bits per heavy atom. The van der Waals surface area contributed by atoms with Crippen LogP contribution in [0.2, 0.25) is 0 Å². The molecule has 1 N–H and O–H groups in total. The van der Waals surface area contributed by atoms with Crippen molar-refractivity contribution < 1.29 is 13.6 Å². The number of amides is 1. The van der Waals surface area contributed by atoms with Crippen molar-refractivity contribution >= 4 is 11.7 Å². The highest BCUT2D eigenvalue weighted by Gasteiger charge is 2.30. The maximum absolute atomic E-state index is 12.7. The topological polar surface area (TPSA) is 61.4 Å². The lowest BCUT2D eigenvalue weighted by atomic mass is 10.1. The summed E-state index contributed by atoms with van der Waals surface area (Å²) in [6, 6.07) is 1.28. The molecule has 0 saturated carbocycles. The van der Waals surface area contributed by atoms with Crippen LogP contribution in [0.4, 0.5) is 14.6 Å². The van der Waals surface area contributed by atoms with Crippen LogP contribution >= 0.6 is 0 Å². The van der Waals surface area contributed by atoms with Gasteiger partial charge in [-0.1, -0.05) is 0 Å². The fourth-order valence-electron chi connectivity index (χ4n) is 3.19. The molecule has 1 unspecified atom stereocenters. The van der Waals surface area contributed by atoms with E-state index in [0.29, 0.717) is 18.9 Å². The minimum absolute atomic E-state index is 0.0679. The highest BCUT2D eigenvalue weighted by Crippen LogP contribution is 2.22. The molecule has 2 fully saturated rings. The van der Waals surface area contributed by atoms with Crippen molar-refractivity contribution in [3.63, 3.8) is 0 Å². The molecule has 8 heteroatoms. The summed E-state index contributed by atoms with van der Waals surface area (Å²) in [5.74, 6) is 0.637. The number of alkyl halides is 2. The van der Waals surface area contributed by atoms with Crippen molar-refractivity contribution in [1.82, 2.24) is 20.2 Å². The van der Waals surface area contributed by atoms with Crippen LogP contribution in [0.15, 0.2) is 12.4 Å². The highest BCUT2D eigenvalue weighted by atomic mass is 19.3. The summed E-state index contributed by atoms with van der Waals surface area (Å²) in [7, 11) is 0. The van der Waals surface area contributed by atoms with Crippen molar-refractivity contribution in [3.05, 3.63) is 18.1 Å².